The number of carboxylic acid groups (broad SMARTS) is 1. The molecule has 21 heavy (non-hydrogen) atoms. The minimum absolute atomic E-state index is 0.0429. The van der Waals surface area contributed by atoms with Crippen LogP contribution >= 0.6 is 0 Å². The molecule has 1 N–H and O–H groups in total. The Bertz CT molecular complexity index is 514. The lowest BCUT2D eigenvalue weighted by atomic mass is 9.85. The Kier molecular flexibility index (Phi) is 4.83. The lowest BCUT2D eigenvalue weighted by Gasteiger charge is -2.43. The van der Waals surface area contributed by atoms with Crippen LogP contribution in [0.5, 0.6) is 5.75 Å². The zero-order valence-corrected chi connectivity index (χ0v) is 12.6. The number of aliphatic carboxylic acids is 1. The Hall–Kier alpha value is -1.62. The summed E-state index contributed by atoms with van der Waals surface area (Å²) in [6.07, 6.45) is 3.22. The Morgan fingerprint density at radius 3 is 2.57 bits per heavy atom. The van der Waals surface area contributed by atoms with E-state index in [-0.39, 0.29) is 12.2 Å². The SMILES string of the molecule is COc1ccc(C(C)(CC(=O)O)N2CCCCC2)cc1F. The second kappa shape index (κ2) is 6.43. The van der Waals surface area contributed by atoms with Crippen molar-refractivity contribution in [1.29, 1.82) is 0 Å². The highest BCUT2D eigenvalue weighted by Gasteiger charge is 2.37. The topological polar surface area (TPSA) is 49.8 Å². The second-order valence-electron chi connectivity index (χ2n) is 5.74. The maximum Gasteiger partial charge on any atom is 0.305 e. The van der Waals surface area contributed by atoms with E-state index in [1.54, 1.807) is 12.1 Å². The summed E-state index contributed by atoms with van der Waals surface area (Å²) in [5, 5.41) is 9.27. The predicted octanol–water partition coefficient (Wildman–Crippen LogP) is 3.01. The number of benzene rings is 1. The first-order valence-electron chi connectivity index (χ1n) is 7.28. The van der Waals surface area contributed by atoms with Crippen molar-refractivity contribution >= 4 is 5.97 Å². The average molecular weight is 295 g/mol. The maximum atomic E-state index is 14.0. The molecule has 1 heterocycles. The zero-order chi connectivity index (χ0) is 15.5. The first-order valence-corrected chi connectivity index (χ1v) is 7.28. The van der Waals surface area contributed by atoms with Gasteiger partial charge in [-0.15, -0.1) is 0 Å². The number of methoxy groups -OCH3 is 1. The largest absolute Gasteiger partial charge is 0.494 e. The molecule has 2 rings (SSSR count). The standard InChI is InChI=1S/C16H22FNO3/c1-16(11-15(19)20,18-8-4-3-5-9-18)12-6-7-14(21-2)13(17)10-12/h6-7,10H,3-5,8-9,11H2,1-2H3,(H,19,20). The molecule has 1 fully saturated rings. The van der Waals surface area contributed by atoms with Gasteiger partial charge < -0.3 is 9.84 Å². The fourth-order valence-corrected chi connectivity index (χ4v) is 3.08. The molecule has 1 saturated heterocycles. The summed E-state index contributed by atoms with van der Waals surface area (Å²) in [6.45, 7) is 3.57. The molecule has 0 radical (unpaired) electrons. The number of halogens is 1. The van der Waals surface area contributed by atoms with Gasteiger partial charge in [0.2, 0.25) is 0 Å². The highest BCUT2D eigenvalue weighted by Crippen LogP contribution is 2.36. The number of likely N-dealkylation sites (tertiary alicyclic amines) is 1. The molecule has 1 aliphatic rings. The van der Waals surface area contributed by atoms with E-state index in [0.29, 0.717) is 5.56 Å². The summed E-state index contributed by atoms with van der Waals surface area (Å²) in [7, 11) is 1.42. The number of carboxylic acids is 1. The van der Waals surface area contributed by atoms with Crippen LogP contribution in [0.15, 0.2) is 18.2 Å². The minimum Gasteiger partial charge on any atom is -0.494 e. The molecule has 0 bridgehead atoms. The lowest BCUT2D eigenvalue weighted by molar-refractivity contribution is -0.140. The van der Waals surface area contributed by atoms with Crippen LogP contribution in [-0.4, -0.2) is 36.2 Å². The minimum atomic E-state index is -0.876. The van der Waals surface area contributed by atoms with Gasteiger partial charge in [0.25, 0.3) is 0 Å². The number of piperidine rings is 1. The highest BCUT2D eigenvalue weighted by atomic mass is 19.1. The van der Waals surface area contributed by atoms with Gasteiger partial charge in [-0.2, -0.15) is 0 Å². The fourth-order valence-electron chi connectivity index (χ4n) is 3.08. The van der Waals surface area contributed by atoms with Crippen molar-refractivity contribution in [3.8, 4) is 5.75 Å². The molecular weight excluding hydrogens is 273 g/mol. The molecule has 116 valence electrons. The number of hydrogen-bond acceptors (Lipinski definition) is 3. The number of nitrogens with zero attached hydrogens (tertiary/aromatic N) is 1. The molecule has 4 nitrogen and oxygen atoms in total. The van der Waals surface area contributed by atoms with Crippen LogP contribution < -0.4 is 4.74 Å². The van der Waals surface area contributed by atoms with Crippen LogP contribution in [0.1, 0.15) is 38.2 Å². The Morgan fingerprint density at radius 2 is 2.05 bits per heavy atom. The van der Waals surface area contributed by atoms with Gasteiger partial charge in [0, 0.05) is 0 Å². The Morgan fingerprint density at radius 1 is 1.38 bits per heavy atom. The first-order chi connectivity index (χ1) is 9.97. The van der Waals surface area contributed by atoms with Crippen molar-refractivity contribution in [2.45, 2.75) is 38.1 Å². The van der Waals surface area contributed by atoms with Gasteiger partial charge in [0.1, 0.15) is 0 Å². The maximum absolute atomic E-state index is 14.0. The van der Waals surface area contributed by atoms with Crippen LogP contribution in [0.3, 0.4) is 0 Å². The number of hydrogen-bond donors (Lipinski definition) is 1. The zero-order valence-electron chi connectivity index (χ0n) is 12.6. The molecule has 0 aliphatic carbocycles. The fraction of sp³-hybridized carbons (Fsp3) is 0.562. The molecule has 1 aromatic rings. The molecule has 1 atom stereocenters. The molecule has 5 heteroatoms. The number of rotatable bonds is 5. The molecule has 1 unspecified atom stereocenters. The smallest absolute Gasteiger partial charge is 0.305 e. The molecule has 0 saturated carbocycles. The summed E-state index contributed by atoms with van der Waals surface area (Å²) < 4.78 is 18.9. The Balaban J connectivity index is 2.38. The number of carbonyl (C=O) groups is 1. The van der Waals surface area contributed by atoms with E-state index in [4.69, 9.17) is 4.74 Å². The van der Waals surface area contributed by atoms with E-state index in [9.17, 15) is 14.3 Å². The third-order valence-corrected chi connectivity index (χ3v) is 4.32. The predicted molar refractivity (Wildman–Crippen MR) is 78.0 cm³/mol. The van der Waals surface area contributed by atoms with E-state index in [2.05, 4.69) is 4.90 Å². The van der Waals surface area contributed by atoms with E-state index in [1.165, 1.54) is 13.2 Å². The monoisotopic (exact) mass is 295 g/mol. The van der Waals surface area contributed by atoms with Gasteiger partial charge in [0.15, 0.2) is 11.6 Å². The van der Waals surface area contributed by atoms with Gasteiger partial charge in [-0.05, 0) is 50.6 Å². The third kappa shape index (κ3) is 3.35. The number of ether oxygens (including phenoxy) is 1. The first kappa shape index (κ1) is 15.8. The highest BCUT2D eigenvalue weighted by molar-refractivity contribution is 5.69. The van der Waals surface area contributed by atoms with Crippen LogP contribution in [0, 0.1) is 5.82 Å². The summed E-state index contributed by atoms with van der Waals surface area (Å²) in [6, 6.07) is 4.73. The normalized spacial score (nSPS) is 19.0. The van der Waals surface area contributed by atoms with Gasteiger partial charge in [0.05, 0.1) is 19.1 Å². The van der Waals surface area contributed by atoms with Crippen LogP contribution in [0.4, 0.5) is 4.39 Å². The third-order valence-electron chi connectivity index (χ3n) is 4.32. The second-order valence-corrected chi connectivity index (χ2v) is 5.74. The van der Waals surface area contributed by atoms with E-state index >= 15 is 0 Å². The summed E-state index contributed by atoms with van der Waals surface area (Å²) in [5.74, 6) is -1.15. The van der Waals surface area contributed by atoms with Crippen LogP contribution in [0.25, 0.3) is 0 Å². The van der Waals surface area contributed by atoms with Crippen molar-refractivity contribution in [3.63, 3.8) is 0 Å². The van der Waals surface area contributed by atoms with Gasteiger partial charge >= 0.3 is 5.97 Å². The van der Waals surface area contributed by atoms with E-state index in [1.807, 2.05) is 6.92 Å². The van der Waals surface area contributed by atoms with Crippen molar-refractivity contribution in [2.75, 3.05) is 20.2 Å². The summed E-state index contributed by atoms with van der Waals surface area (Å²) in [5.41, 5.74) is -0.00980. The van der Waals surface area contributed by atoms with Crippen molar-refractivity contribution in [1.82, 2.24) is 4.90 Å². The lowest BCUT2D eigenvalue weighted by Crippen LogP contribution is -2.48. The average Bonchev–Trinajstić information content (AvgIpc) is 2.47. The summed E-state index contributed by atoms with van der Waals surface area (Å²) >= 11 is 0. The molecule has 0 amide bonds. The van der Waals surface area contributed by atoms with Gasteiger partial charge in [-0.1, -0.05) is 12.5 Å². The molecular formula is C16H22FNO3. The van der Waals surface area contributed by atoms with Crippen molar-refractivity contribution in [2.24, 2.45) is 0 Å². The molecule has 0 spiro atoms. The van der Waals surface area contributed by atoms with Crippen molar-refractivity contribution < 1.29 is 19.0 Å². The summed E-state index contributed by atoms with van der Waals surface area (Å²) in [4.78, 5) is 13.5. The van der Waals surface area contributed by atoms with Crippen LogP contribution in [-0.2, 0) is 10.3 Å². The van der Waals surface area contributed by atoms with E-state index < -0.39 is 17.3 Å². The molecule has 1 aliphatic heterocycles. The molecule has 1 aromatic carbocycles. The van der Waals surface area contributed by atoms with Gasteiger partial charge in [-0.3, -0.25) is 9.69 Å². The Labute approximate surface area is 124 Å². The van der Waals surface area contributed by atoms with Crippen LogP contribution in [0.2, 0.25) is 0 Å². The van der Waals surface area contributed by atoms with Gasteiger partial charge in [-0.25, -0.2) is 4.39 Å². The quantitative estimate of drug-likeness (QED) is 0.907. The molecule has 0 aromatic heterocycles. The van der Waals surface area contributed by atoms with Crippen molar-refractivity contribution in [3.05, 3.63) is 29.6 Å². The van der Waals surface area contributed by atoms with E-state index in [0.717, 1.165) is 32.4 Å².